The van der Waals surface area contributed by atoms with Crippen molar-refractivity contribution in [1.82, 2.24) is 5.32 Å². The second-order valence-corrected chi connectivity index (χ2v) is 7.02. The molecule has 0 aromatic heterocycles. The average molecular weight is 447 g/mol. The summed E-state index contributed by atoms with van der Waals surface area (Å²) in [5, 5.41) is 27.8. The van der Waals surface area contributed by atoms with E-state index in [0.29, 0.717) is 12.8 Å². The van der Waals surface area contributed by atoms with Crippen molar-refractivity contribution in [3.8, 4) is 0 Å². The topological polar surface area (TPSA) is 159 Å². The molecule has 9 nitrogen and oxygen atoms in total. The number of carboxylic acid groups (broad SMARTS) is 2. The van der Waals surface area contributed by atoms with Gasteiger partial charge in [0, 0.05) is 0 Å². The van der Waals surface area contributed by atoms with Crippen LogP contribution in [0.1, 0.15) is 24.5 Å². The summed E-state index contributed by atoms with van der Waals surface area (Å²) < 4.78 is 5.36. The standard InChI is InChI=1S/C20H23NO4.C3H7NO3/c1-15(19(22)23)21-18(13-12-16-8-4-2-5-9-16)20(24)25-14-17-10-6-3-7-11-17;4-2(1-5)3(6)7/h2-11,15,18,21H,12-14H2,1H3,(H,22,23);2,5H,1,4H2,(H,6,7)/t15-,18+;/m1./s1. The number of aliphatic hydroxyl groups excluding tert-OH is 1. The Morgan fingerprint density at radius 3 is 1.91 bits per heavy atom. The third-order valence-corrected chi connectivity index (χ3v) is 4.41. The molecule has 2 aromatic rings. The van der Waals surface area contributed by atoms with E-state index in [-0.39, 0.29) is 6.61 Å². The lowest BCUT2D eigenvalue weighted by molar-refractivity contribution is -0.148. The van der Waals surface area contributed by atoms with Gasteiger partial charge in [-0.3, -0.25) is 19.7 Å². The molecule has 0 saturated heterocycles. The van der Waals surface area contributed by atoms with Gasteiger partial charge in [0.25, 0.3) is 0 Å². The van der Waals surface area contributed by atoms with E-state index in [1.54, 1.807) is 0 Å². The van der Waals surface area contributed by atoms with E-state index in [4.69, 9.17) is 25.8 Å². The molecule has 0 spiro atoms. The molecule has 174 valence electrons. The van der Waals surface area contributed by atoms with Crippen LogP contribution in [0.3, 0.4) is 0 Å². The van der Waals surface area contributed by atoms with Gasteiger partial charge in [0.15, 0.2) is 0 Å². The van der Waals surface area contributed by atoms with E-state index < -0.39 is 42.6 Å². The average Bonchev–Trinajstić information content (AvgIpc) is 2.81. The van der Waals surface area contributed by atoms with Gasteiger partial charge in [-0.2, -0.15) is 0 Å². The Balaban J connectivity index is 0.000000633. The van der Waals surface area contributed by atoms with E-state index in [0.717, 1.165) is 11.1 Å². The van der Waals surface area contributed by atoms with Crippen molar-refractivity contribution >= 4 is 17.9 Å². The summed E-state index contributed by atoms with van der Waals surface area (Å²) in [6.45, 7) is 1.18. The molecule has 0 aliphatic carbocycles. The highest BCUT2D eigenvalue weighted by Gasteiger charge is 2.24. The number of carbonyl (C=O) groups excluding carboxylic acids is 1. The first kappa shape index (κ1) is 26.8. The molecule has 9 heteroatoms. The Kier molecular flexibility index (Phi) is 12.3. The van der Waals surface area contributed by atoms with Crippen LogP contribution >= 0.6 is 0 Å². The Hall–Kier alpha value is -3.27. The molecule has 0 fully saturated rings. The van der Waals surface area contributed by atoms with Crippen LogP contribution in [-0.4, -0.2) is 58.0 Å². The number of aliphatic carboxylic acids is 2. The van der Waals surface area contributed by atoms with Crippen molar-refractivity contribution in [2.45, 2.75) is 44.5 Å². The number of carbonyl (C=O) groups is 3. The molecular formula is C23H30N2O7. The zero-order valence-electron chi connectivity index (χ0n) is 17.9. The quantitative estimate of drug-likeness (QED) is 0.319. The fourth-order valence-electron chi connectivity index (χ4n) is 2.51. The summed E-state index contributed by atoms with van der Waals surface area (Å²) in [5.41, 5.74) is 6.75. The number of aliphatic hydroxyl groups is 1. The van der Waals surface area contributed by atoms with Gasteiger partial charge in [-0.25, -0.2) is 0 Å². The number of nitrogens with two attached hydrogens (primary N) is 1. The monoisotopic (exact) mass is 446 g/mol. The minimum atomic E-state index is -1.18. The first-order valence-electron chi connectivity index (χ1n) is 10.1. The highest BCUT2D eigenvalue weighted by Crippen LogP contribution is 2.09. The molecule has 0 bridgehead atoms. The Bertz CT molecular complexity index is 831. The van der Waals surface area contributed by atoms with Crippen LogP contribution in [0.15, 0.2) is 60.7 Å². The molecule has 0 radical (unpaired) electrons. The van der Waals surface area contributed by atoms with Crippen molar-refractivity contribution in [3.63, 3.8) is 0 Å². The predicted octanol–water partition coefficient (Wildman–Crippen LogP) is 1.18. The van der Waals surface area contributed by atoms with Crippen molar-refractivity contribution in [3.05, 3.63) is 71.8 Å². The van der Waals surface area contributed by atoms with Crippen LogP contribution in [0.2, 0.25) is 0 Å². The van der Waals surface area contributed by atoms with E-state index in [1.165, 1.54) is 6.92 Å². The highest BCUT2D eigenvalue weighted by atomic mass is 16.5. The molecule has 32 heavy (non-hydrogen) atoms. The Labute approximate surface area is 186 Å². The van der Waals surface area contributed by atoms with Crippen LogP contribution < -0.4 is 11.1 Å². The second kappa shape index (κ2) is 14.7. The van der Waals surface area contributed by atoms with E-state index in [1.807, 2.05) is 60.7 Å². The van der Waals surface area contributed by atoms with Gasteiger partial charge in [-0.05, 0) is 30.9 Å². The van der Waals surface area contributed by atoms with Crippen molar-refractivity contribution in [1.29, 1.82) is 0 Å². The van der Waals surface area contributed by atoms with Crippen LogP contribution in [0.4, 0.5) is 0 Å². The molecule has 3 atom stereocenters. The minimum Gasteiger partial charge on any atom is -0.480 e. The lowest BCUT2D eigenvalue weighted by atomic mass is 10.0. The summed E-state index contributed by atoms with van der Waals surface area (Å²) >= 11 is 0. The lowest BCUT2D eigenvalue weighted by Gasteiger charge is -2.20. The number of aryl methyl sites for hydroxylation is 1. The minimum absolute atomic E-state index is 0.171. The normalized spacial score (nSPS) is 13.1. The van der Waals surface area contributed by atoms with Crippen LogP contribution in [0.25, 0.3) is 0 Å². The Morgan fingerprint density at radius 1 is 0.938 bits per heavy atom. The first-order valence-corrected chi connectivity index (χ1v) is 10.1. The third kappa shape index (κ3) is 10.7. The molecule has 0 aliphatic rings. The number of rotatable bonds is 11. The maximum absolute atomic E-state index is 12.4. The summed E-state index contributed by atoms with van der Waals surface area (Å²) in [4.78, 5) is 33.2. The molecule has 1 unspecified atom stereocenters. The zero-order chi connectivity index (χ0) is 23.9. The highest BCUT2D eigenvalue weighted by molar-refractivity contribution is 5.78. The molecule has 0 amide bonds. The molecule has 0 saturated carbocycles. The molecule has 6 N–H and O–H groups in total. The SMILES string of the molecule is C[C@@H](N[C@@H](CCc1ccccc1)C(=O)OCc1ccccc1)C(=O)O.NC(CO)C(=O)O. The van der Waals surface area contributed by atoms with Gasteiger partial charge in [0.1, 0.15) is 24.7 Å². The van der Waals surface area contributed by atoms with Gasteiger partial charge in [0.2, 0.25) is 0 Å². The molecule has 0 heterocycles. The summed E-state index contributed by atoms with van der Waals surface area (Å²) in [7, 11) is 0. The fraction of sp³-hybridized carbons (Fsp3) is 0.348. The van der Waals surface area contributed by atoms with Gasteiger partial charge in [0.05, 0.1) is 6.61 Å². The van der Waals surface area contributed by atoms with Gasteiger partial charge in [-0.15, -0.1) is 0 Å². The van der Waals surface area contributed by atoms with Gasteiger partial charge in [-0.1, -0.05) is 60.7 Å². The van der Waals surface area contributed by atoms with E-state index >= 15 is 0 Å². The molecule has 0 aliphatic heterocycles. The second-order valence-electron chi connectivity index (χ2n) is 7.02. The molecule has 2 rings (SSSR count). The van der Waals surface area contributed by atoms with Gasteiger partial charge >= 0.3 is 17.9 Å². The smallest absolute Gasteiger partial charge is 0.323 e. The zero-order valence-corrected chi connectivity index (χ0v) is 17.9. The third-order valence-electron chi connectivity index (χ3n) is 4.41. The van der Waals surface area contributed by atoms with Crippen LogP contribution in [-0.2, 0) is 32.1 Å². The maximum atomic E-state index is 12.4. The molecular weight excluding hydrogens is 416 g/mol. The van der Waals surface area contributed by atoms with E-state index in [2.05, 4.69) is 5.32 Å². The van der Waals surface area contributed by atoms with Crippen molar-refractivity contribution in [2.75, 3.05) is 6.61 Å². The van der Waals surface area contributed by atoms with Gasteiger partial charge < -0.3 is 25.8 Å². The first-order chi connectivity index (χ1) is 15.2. The fourth-order valence-corrected chi connectivity index (χ4v) is 2.51. The lowest BCUT2D eigenvalue weighted by Crippen LogP contribution is -2.46. The largest absolute Gasteiger partial charge is 0.480 e. The van der Waals surface area contributed by atoms with Crippen molar-refractivity contribution in [2.24, 2.45) is 5.73 Å². The number of hydrogen-bond donors (Lipinski definition) is 5. The number of ether oxygens (including phenoxy) is 1. The Morgan fingerprint density at radius 2 is 1.47 bits per heavy atom. The number of esters is 1. The maximum Gasteiger partial charge on any atom is 0.323 e. The summed E-state index contributed by atoms with van der Waals surface area (Å²) in [6, 6.07) is 16.5. The number of hydrogen-bond acceptors (Lipinski definition) is 7. The van der Waals surface area contributed by atoms with E-state index in [9.17, 15) is 14.4 Å². The number of carboxylic acids is 2. The molecule has 2 aromatic carbocycles. The van der Waals surface area contributed by atoms with Crippen molar-refractivity contribution < 1.29 is 34.4 Å². The van der Waals surface area contributed by atoms with Crippen LogP contribution in [0.5, 0.6) is 0 Å². The summed E-state index contributed by atoms with van der Waals surface area (Å²) in [5.74, 6) is -2.61. The number of benzene rings is 2. The van der Waals surface area contributed by atoms with Crippen LogP contribution in [0, 0.1) is 0 Å². The number of nitrogens with one attached hydrogen (secondary N) is 1. The summed E-state index contributed by atoms with van der Waals surface area (Å²) in [6.07, 6.45) is 1.13. The predicted molar refractivity (Wildman–Crippen MR) is 118 cm³/mol.